The van der Waals surface area contributed by atoms with Crippen molar-refractivity contribution in [2.24, 2.45) is 5.73 Å². The lowest BCUT2D eigenvalue weighted by Gasteiger charge is -2.33. The molecule has 116 valence electrons. The maximum atomic E-state index is 14.3. The Hall–Kier alpha value is -1.33. The van der Waals surface area contributed by atoms with E-state index in [9.17, 15) is 4.39 Å². The first-order valence-electron chi connectivity index (χ1n) is 7.77. The third kappa shape index (κ3) is 3.66. The molecule has 0 saturated carbocycles. The standard InChI is InChI=1S/C16H23FN2O2/c17-15-10-14(21-13-5-8-20-9-6-13)3-4-16(15)19-7-1-2-12(18)11-19/h3-4,10,12-13H,1-2,5-9,11,18H2. The molecule has 0 amide bonds. The van der Waals surface area contributed by atoms with Crippen LogP contribution < -0.4 is 15.4 Å². The summed E-state index contributed by atoms with van der Waals surface area (Å²) in [4.78, 5) is 2.03. The molecular formula is C16H23FN2O2. The summed E-state index contributed by atoms with van der Waals surface area (Å²) < 4.78 is 25.5. The van der Waals surface area contributed by atoms with Crippen molar-refractivity contribution in [3.63, 3.8) is 0 Å². The van der Waals surface area contributed by atoms with Gasteiger partial charge in [0.25, 0.3) is 0 Å². The molecule has 2 saturated heterocycles. The zero-order chi connectivity index (χ0) is 14.7. The number of ether oxygens (including phenoxy) is 2. The van der Waals surface area contributed by atoms with Crippen molar-refractivity contribution in [1.29, 1.82) is 0 Å². The molecule has 2 N–H and O–H groups in total. The molecule has 4 nitrogen and oxygen atoms in total. The van der Waals surface area contributed by atoms with Gasteiger partial charge >= 0.3 is 0 Å². The van der Waals surface area contributed by atoms with Crippen molar-refractivity contribution in [3.05, 3.63) is 24.0 Å². The number of halogens is 1. The second-order valence-electron chi connectivity index (χ2n) is 5.89. The number of hydrogen-bond donors (Lipinski definition) is 1. The Morgan fingerprint density at radius 3 is 2.76 bits per heavy atom. The third-order valence-corrected chi connectivity index (χ3v) is 4.19. The summed E-state index contributed by atoms with van der Waals surface area (Å²) >= 11 is 0. The normalized spacial score (nSPS) is 24.1. The van der Waals surface area contributed by atoms with Gasteiger partial charge in [0.15, 0.2) is 0 Å². The fourth-order valence-corrected chi connectivity index (χ4v) is 3.03. The van der Waals surface area contributed by atoms with E-state index in [1.54, 1.807) is 0 Å². The first-order chi connectivity index (χ1) is 10.2. The van der Waals surface area contributed by atoms with E-state index < -0.39 is 0 Å². The van der Waals surface area contributed by atoms with Gasteiger partial charge in [-0.1, -0.05) is 0 Å². The minimum Gasteiger partial charge on any atom is -0.490 e. The lowest BCUT2D eigenvalue weighted by molar-refractivity contribution is 0.0255. The molecule has 0 radical (unpaired) electrons. The van der Waals surface area contributed by atoms with Crippen LogP contribution in [0.4, 0.5) is 10.1 Å². The number of nitrogens with two attached hydrogens (primary N) is 1. The van der Waals surface area contributed by atoms with Crippen molar-refractivity contribution in [3.8, 4) is 5.75 Å². The topological polar surface area (TPSA) is 47.7 Å². The minimum absolute atomic E-state index is 0.132. The zero-order valence-corrected chi connectivity index (χ0v) is 12.3. The van der Waals surface area contributed by atoms with E-state index in [1.165, 1.54) is 6.07 Å². The molecule has 21 heavy (non-hydrogen) atoms. The SMILES string of the molecule is NC1CCCN(c2ccc(OC3CCOCC3)cc2F)C1. The van der Waals surface area contributed by atoms with E-state index >= 15 is 0 Å². The summed E-state index contributed by atoms with van der Waals surface area (Å²) in [5.41, 5.74) is 6.59. The molecule has 5 heteroatoms. The molecule has 0 aliphatic carbocycles. The molecule has 2 aliphatic rings. The van der Waals surface area contributed by atoms with Crippen LogP contribution in [0, 0.1) is 5.82 Å². The average Bonchev–Trinajstić information content (AvgIpc) is 2.48. The highest BCUT2D eigenvalue weighted by Crippen LogP contribution is 2.27. The van der Waals surface area contributed by atoms with Crippen LogP contribution in [0.15, 0.2) is 18.2 Å². The van der Waals surface area contributed by atoms with Crippen molar-refractivity contribution >= 4 is 5.69 Å². The van der Waals surface area contributed by atoms with Crippen LogP contribution in [-0.2, 0) is 4.74 Å². The van der Waals surface area contributed by atoms with E-state index in [-0.39, 0.29) is 18.0 Å². The van der Waals surface area contributed by atoms with E-state index in [0.717, 1.165) is 52.0 Å². The highest BCUT2D eigenvalue weighted by molar-refractivity contribution is 5.51. The Kier molecular flexibility index (Phi) is 4.60. The fourth-order valence-electron chi connectivity index (χ4n) is 3.03. The fraction of sp³-hybridized carbons (Fsp3) is 0.625. The zero-order valence-electron chi connectivity index (χ0n) is 12.3. The smallest absolute Gasteiger partial charge is 0.150 e. The summed E-state index contributed by atoms with van der Waals surface area (Å²) in [5.74, 6) is 0.373. The molecule has 0 spiro atoms. The van der Waals surface area contributed by atoms with Gasteiger partial charge in [-0.3, -0.25) is 0 Å². The maximum absolute atomic E-state index is 14.3. The number of nitrogens with zero attached hydrogens (tertiary/aromatic N) is 1. The molecule has 3 rings (SSSR count). The van der Waals surface area contributed by atoms with Gasteiger partial charge in [-0.25, -0.2) is 4.39 Å². The summed E-state index contributed by atoms with van der Waals surface area (Å²) in [6.45, 7) is 3.02. The summed E-state index contributed by atoms with van der Waals surface area (Å²) in [7, 11) is 0. The van der Waals surface area contributed by atoms with Gasteiger partial charge in [-0.05, 0) is 25.0 Å². The average molecular weight is 294 g/mol. The van der Waals surface area contributed by atoms with Gasteiger partial charge in [0.2, 0.25) is 0 Å². The van der Waals surface area contributed by atoms with Crippen LogP contribution in [-0.4, -0.2) is 38.4 Å². The Morgan fingerprint density at radius 1 is 1.24 bits per heavy atom. The van der Waals surface area contributed by atoms with Gasteiger partial charge in [0, 0.05) is 38.0 Å². The minimum atomic E-state index is -0.228. The van der Waals surface area contributed by atoms with Gasteiger partial charge in [-0.15, -0.1) is 0 Å². The number of rotatable bonds is 3. The summed E-state index contributed by atoms with van der Waals surface area (Å²) in [6, 6.07) is 5.29. The Balaban J connectivity index is 1.67. The number of benzene rings is 1. The predicted molar refractivity (Wildman–Crippen MR) is 80.3 cm³/mol. The molecule has 1 unspecified atom stereocenters. The third-order valence-electron chi connectivity index (χ3n) is 4.19. The monoisotopic (exact) mass is 294 g/mol. The molecule has 1 atom stereocenters. The van der Waals surface area contributed by atoms with Crippen LogP contribution >= 0.6 is 0 Å². The van der Waals surface area contributed by atoms with E-state index in [0.29, 0.717) is 11.4 Å². The molecule has 0 bridgehead atoms. The maximum Gasteiger partial charge on any atom is 0.150 e. The second kappa shape index (κ2) is 6.62. The van der Waals surface area contributed by atoms with Crippen molar-refractivity contribution in [1.82, 2.24) is 0 Å². The Labute approximate surface area is 125 Å². The van der Waals surface area contributed by atoms with Crippen molar-refractivity contribution in [2.75, 3.05) is 31.2 Å². The highest BCUT2D eigenvalue weighted by atomic mass is 19.1. The van der Waals surface area contributed by atoms with Gasteiger partial charge < -0.3 is 20.1 Å². The van der Waals surface area contributed by atoms with E-state index in [2.05, 4.69) is 0 Å². The number of piperidine rings is 1. The van der Waals surface area contributed by atoms with Gasteiger partial charge in [0.05, 0.1) is 18.9 Å². The number of hydrogen-bond acceptors (Lipinski definition) is 4. The summed E-state index contributed by atoms with van der Waals surface area (Å²) in [6.07, 6.45) is 3.89. The Bertz CT molecular complexity index is 477. The van der Waals surface area contributed by atoms with Crippen LogP contribution in [0.5, 0.6) is 5.75 Å². The van der Waals surface area contributed by atoms with Crippen LogP contribution in [0.25, 0.3) is 0 Å². The molecular weight excluding hydrogens is 271 g/mol. The number of anilines is 1. The van der Waals surface area contributed by atoms with Crippen LogP contribution in [0.3, 0.4) is 0 Å². The molecule has 0 aromatic heterocycles. The van der Waals surface area contributed by atoms with Gasteiger partial charge in [0.1, 0.15) is 17.7 Å². The van der Waals surface area contributed by atoms with Crippen LogP contribution in [0.2, 0.25) is 0 Å². The van der Waals surface area contributed by atoms with Crippen LogP contribution in [0.1, 0.15) is 25.7 Å². The van der Waals surface area contributed by atoms with Crippen molar-refractivity contribution < 1.29 is 13.9 Å². The molecule has 1 aromatic carbocycles. The predicted octanol–water partition coefficient (Wildman–Crippen LogP) is 2.31. The lowest BCUT2D eigenvalue weighted by Crippen LogP contribution is -2.43. The first kappa shape index (κ1) is 14.6. The van der Waals surface area contributed by atoms with Gasteiger partial charge in [-0.2, -0.15) is 0 Å². The first-order valence-corrected chi connectivity index (χ1v) is 7.77. The van der Waals surface area contributed by atoms with E-state index in [4.69, 9.17) is 15.2 Å². The largest absolute Gasteiger partial charge is 0.490 e. The molecule has 2 fully saturated rings. The molecule has 1 aromatic rings. The van der Waals surface area contributed by atoms with Crippen molar-refractivity contribution in [2.45, 2.75) is 37.8 Å². The Morgan fingerprint density at radius 2 is 2.05 bits per heavy atom. The second-order valence-corrected chi connectivity index (χ2v) is 5.89. The lowest BCUT2D eigenvalue weighted by atomic mass is 10.1. The summed E-state index contributed by atoms with van der Waals surface area (Å²) in [5, 5.41) is 0. The highest BCUT2D eigenvalue weighted by Gasteiger charge is 2.21. The molecule has 2 heterocycles. The molecule has 2 aliphatic heterocycles. The van der Waals surface area contributed by atoms with E-state index in [1.807, 2.05) is 17.0 Å². The quantitative estimate of drug-likeness (QED) is 0.929.